The Hall–Kier alpha value is -1.75. The first-order chi connectivity index (χ1) is 9.28. The van der Waals surface area contributed by atoms with Crippen molar-refractivity contribution < 1.29 is 0 Å². The van der Waals surface area contributed by atoms with Crippen LogP contribution in [0.3, 0.4) is 0 Å². The quantitative estimate of drug-likeness (QED) is 0.760. The molecule has 0 aliphatic heterocycles. The third-order valence-electron chi connectivity index (χ3n) is 3.01. The van der Waals surface area contributed by atoms with Crippen molar-refractivity contribution in [3.8, 4) is 0 Å². The van der Waals surface area contributed by atoms with Gasteiger partial charge in [0, 0.05) is 49.9 Å². The Kier molecular flexibility index (Phi) is 5.03. The lowest BCUT2D eigenvalue weighted by molar-refractivity contribution is 0.310. The van der Waals surface area contributed by atoms with Gasteiger partial charge in [-0.05, 0) is 26.1 Å². The van der Waals surface area contributed by atoms with E-state index in [0.29, 0.717) is 0 Å². The van der Waals surface area contributed by atoms with Crippen molar-refractivity contribution in [1.82, 2.24) is 24.6 Å². The summed E-state index contributed by atoms with van der Waals surface area (Å²) in [4.78, 5) is 10.9. The molecular weight excluding hydrogens is 238 g/mol. The molecule has 19 heavy (non-hydrogen) atoms. The summed E-state index contributed by atoms with van der Waals surface area (Å²) in [6, 6.07) is 1.95. The van der Waals surface area contributed by atoms with Crippen LogP contribution < -0.4 is 0 Å². The zero-order valence-electron chi connectivity index (χ0n) is 11.7. The molecule has 0 fully saturated rings. The average molecular weight is 259 g/mol. The number of aromatic nitrogens is 4. The molecule has 2 rings (SSSR count). The number of hydrogen-bond donors (Lipinski definition) is 0. The van der Waals surface area contributed by atoms with Crippen LogP contribution in [0.2, 0.25) is 0 Å². The van der Waals surface area contributed by atoms with E-state index >= 15 is 0 Å². The van der Waals surface area contributed by atoms with Crippen molar-refractivity contribution in [2.75, 3.05) is 13.6 Å². The summed E-state index contributed by atoms with van der Waals surface area (Å²) in [7, 11) is 2.12. The predicted octanol–water partition coefficient (Wildman–Crippen LogP) is 1.76. The fourth-order valence-electron chi connectivity index (χ4n) is 1.97. The summed E-state index contributed by atoms with van der Waals surface area (Å²) in [5.41, 5.74) is 1.17. The lowest BCUT2D eigenvalue weighted by atomic mass is 10.3. The third-order valence-corrected chi connectivity index (χ3v) is 3.01. The first kappa shape index (κ1) is 13.7. The Balaban J connectivity index is 1.72. The maximum Gasteiger partial charge on any atom is 0.127 e. The summed E-state index contributed by atoms with van der Waals surface area (Å²) < 4.78 is 1.97. The van der Waals surface area contributed by atoms with Crippen LogP contribution in [-0.2, 0) is 19.5 Å². The molecule has 0 atom stereocenters. The number of nitrogens with zero attached hydrogens (tertiary/aromatic N) is 5. The minimum atomic E-state index is 0.889. The van der Waals surface area contributed by atoms with Gasteiger partial charge >= 0.3 is 0 Å². The van der Waals surface area contributed by atoms with E-state index in [4.69, 9.17) is 0 Å². The molecule has 2 heterocycles. The molecule has 2 aromatic rings. The van der Waals surface area contributed by atoms with Gasteiger partial charge in [0.05, 0.1) is 0 Å². The second-order valence-corrected chi connectivity index (χ2v) is 4.72. The molecule has 0 N–H and O–H groups in total. The van der Waals surface area contributed by atoms with Gasteiger partial charge in [0.15, 0.2) is 0 Å². The maximum atomic E-state index is 4.32. The molecule has 0 bridgehead atoms. The highest BCUT2D eigenvalue weighted by atomic mass is 15.3. The van der Waals surface area contributed by atoms with Crippen molar-refractivity contribution in [3.05, 3.63) is 42.2 Å². The van der Waals surface area contributed by atoms with Gasteiger partial charge in [-0.25, -0.2) is 9.97 Å². The van der Waals surface area contributed by atoms with Crippen LogP contribution in [0, 0.1) is 0 Å². The summed E-state index contributed by atoms with van der Waals surface area (Å²) in [6.07, 6.45) is 9.64. The molecule has 0 unspecified atom stereocenters. The second-order valence-electron chi connectivity index (χ2n) is 4.72. The summed E-state index contributed by atoms with van der Waals surface area (Å²) in [6.45, 7) is 4.96. The standard InChI is InChI=1S/C14H21N5/c1-3-14-15-10-13(11-16-14)12-18(2)7-5-9-19-8-4-6-17-19/h4,6,8,10-11H,3,5,7,9,12H2,1-2H3. The van der Waals surface area contributed by atoms with Gasteiger partial charge in [-0.2, -0.15) is 5.10 Å². The van der Waals surface area contributed by atoms with Crippen LogP contribution in [0.15, 0.2) is 30.9 Å². The Morgan fingerprint density at radius 3 is 2.68 bits per heavy atom. The van der Waals surface area contributed by atoms with E-state index in [-0.39, 0.29) is 0 Å². The van der Waals surface area contributed by atoms with Gasteiger partial charge in [0.25, 0.3) is 0 Å². The van der Waals surface area contributed by atoms with Crippen LogP contribution in [0.25, 0.3) is 0 Å². The van der Waals surface area contributed by atoms with Crippen molar-refractivity contribution >= 4 is 0 Å². The molecule has 0 radical (unpaired) electrons. The lowest BCUT2D eigenvalue weighted by Gasteiger charge is -2.16. The van der Waals surface area contributed by atoms with Crippen molar-refractivity contribution in [1.29, 1.82) is 0 Å². The highest BCUT2D eigenvalue weighted by Crippen LogP contribution is 2.02. The SMILES string of the molecule is CCc1ncc(CN(C)CCCn2cccn2)cn1. The van der Waals surface area contributed by atoms with Crippen LogP contribution in [0.5, 0.6) is 0 Å². The Morgan fingerprint density at radius 1 is 1.26 bits per heavy atom. The molecular formula is C14H21N5. The average Bonchev–Trinajstić information content (AvgIpc) is 2.93. The Bertz CT molecular complexity index is 463. The third kappa shape index (κ3) is 4.44. The minimum Gasteiger partial charge on any atom is -0.302 e. The molecule has 0 amide bonds. The van der Waals surface area contributed by atoms with Crippen molar-refractivity contribution in [2.45, 2.75) is 32.9 Å². The smallest absolute Gasteiger partial charge is 0.127 e. The minimum absolute atomic E-state index is 0.889. The number of rotatable bonds is 7. The molecule has 2 aromatic heterocycles. The molecule has 0 saturated heterocycles. The molecule has 0 aliphatic rings. The van der Waals surface area contributed by atoms with Crippen molar-refractivity contribution in [2.24, 2.45) is 0 Å². The van der Waals surface area contributed by atoms with Crippen LogP contribution >= 0.6 is 0 Å². The highest BCUT2D eigenvalue weighted by Gasteiger charge is 2.02. The summed E-state index contributed by atoms with van der Waals surface area (Å²) in [5, 5.41) is 4.19. The molecule has 102 valence electrons. The summed E-state index contributed by atoms with van der Waals surface area (Å²) in [5.74, 6) is 0.907. The molecule has 0 aromatic carbocycles. The van der Waals surface area contributed by atoms with E-state index < -0.39 is 0 Å². The zero-order valence-corrected chi connectivity index (χ0v) is 11.7. The van der Waals surface area contributed by atoms with Crippen LogP contribution in [-0.4, -0.2) is 38.2 Å². The van der Waals surface area contributed by atoms with Gasteiger partial charge in [0.1, 0.15) is 5.82 Å². The summed E-state index contributed by atoms with van der Waals surface area (Å²) >= 11 is 0. The van der Waals surface area contributed by atoms with Crippen LogP contribution in [0.1, 0.15) is 24.7 Å². The Morgan fingerprint density at radius 2 is 2.05 bits per heavy atom. The van der Waals surface area contributed by atoms with Crippen LogP contribution in [0.4, 0.5) is 0 Å². The first-order valence-corrected chi connectivity index (χ1v) is 6.73. The van der Waals surface area contributed by atoms with E-state index in [1.807, 2.05) is 35.5 Å². The Labute approximate surface area is 114 Å². The highest BCUT2D eigenvalue weighted by molar-refractivity contribution is 5.04. The van der Waals surface area contributed by atoms with E-state index in [9.17, 15) is 0 Å². The lowest BCUT2D eigenvalue weighted by Crippen LogP contribution is -2.20. The van der Waals surface area contributed by atoms with Crippen molar-refractivity contribution in [3.63, 3.8) is 0 Å². The normalized spacial score (nSPS) is 11.1. The first-order valence-electron chi connectivity index (χ1n) is 6.73. The molecule has 5 heteroatoms. The maximum absolute atomic E-state index is 4.32. The van der Waals surface area contributed by atoms with Gasteiger partial charge < -0.3 is 4.90 Å². The predicted molar refractivity (Wildman–Crippen MR) is 74.6 cm³/mol. The number of hydrogen-bond acceptors (Lipinski definition) is 4. The van der Waals surface area contributed by atoms with E-state index in [2.05, 4.69) is 33.9 Å². The largest absolute Gasteiger partial charge is 0.302 e. The van der Waals surface area contributed by atoms with Gasteiger partial charge in [-0.1, -0.05) is 6.92 Å². The molecule has 5 nitrogen and oxygen atoms in total. The van der Waals surface area contributed by atoms with Gasteiger partial charge in [0.2, 0.25) is 0 Å². The van der Waals surface area contributed by atoms with Gasteiger partial charge in [-0.3, -0.25) is 4.68 Å². The van der Waals surface area contributed by atoms with E-state index in [1.54, 1.807) is 0 Å². The van der Waals surface area contributed by atoms with E-state index in [1.165, 1.54) is 5.56 Å². The molecule has 0 saturated carbocycles. The zero-order chi connectivity index (χ0) is 13.5. The second kappa shape index (κ2) is 6.99. The monoisotopic (exact) mass is 259 g/mol. The number of aryl methyl sites for hydroxylation is 2. The molecule has 0 aliphatic carbocycles. The van der Waals surface area contributed by atoms with E-state index in [0.717, 1.165) is 38.3 Å². The molecule has 0 spiro atoms. The fraction of sp³-hybridized carbons (Fsp3) is 0.500. The fourth-order valence-corrected chi connectivity index (χ4v) is 1.97. The van der Waals surface area contributed by atoms with Gasteiger partial charge in [-0.15, -0.1) is 0 Å². The topological polar surface area (TPSA) is 46.8 Å².